The van der Waals surface area contributed by atoms with Crippen LogP contribution in [0.15, 0.2) is 48.7 Å². The molecule has 0 atom stereocenters. The molecule has 1 fully saturated rings. The number of carbonyl (C=O) groups is 2. The molecule has 1 aliphatic rings. The van der Waals surface area contributed by atoms with E-state index in [1.807, 2.05) is 30.3 Å². The van der Waals surface area contributed by atoms with Gasteiger partial charge in [0, 0.05) is 35.4 Å². The molecule has 2 amide bonds. The third-order valence-electron chi connectivity index (χ3n) is 5.54. The summed E-state index contributed by atoms with van der Waals surface area (Å²) in [6.45, 7) is 2.38. The summed E-state index contributed by atoms with van der Waals surface area (Å²) in [6, 6.07) is 13.0. The first-order chi connectivity index (χ1) is 17.5. The average Bonchev–Trinajstić information content (AvgIpc) is 3.32. The minimum Gasteiger partial charge on any atom is -0.465 e. The van der Waals surface area contributed by atoms with E-state index in [0.717, 1.165) is 45.1 Å². The molecule has 4 aromatic rings. The quantitative estimate of drug-likeness (QED) is 0.309. The van der Waals surface area contributed by atoms with Gasteiger partial charge in [-0.05, 0) is 35.9 Å². The van der Waals surface area contributed by atoms with Gasteiger partial charge in [-0.3, -0.25) is 4.79 Å². The van der Waals surface area contributed by atoms with Crippen LogP contribution in [0.25, 0.3) is 32.0 Å². The van der Waals surface area contributed by atoms with Crippen molar-refractivity contribution in [3.8, 4) is 21.8 Å². The van der Waals surface area contributed by atoms with E-state index in [9.17, 15) is 9.59 Å². The number of hydrogen-bond donors (Lipinski definition) is 4. The fourth-order valence-electron chi connectivity index (χ4n) is 3.82. The summed E-state index contributed by atoms with van der Waals surface area (Å²) in [4.78, 5) is 39.7. The SMILES string of the molecule is Nc1ccc(-c2nc(N3CCOCC3)c3sc(-c4cccc(NC(=O)CNC(=O)O)c4)cc3n2)cn1. The Labute approximate surface area is 210 Å². The Morgan fingerprint density at radius 3 is 2.69 bits per heavy atom. The van der Waals surface area contributed by atoms with Crippen LogP contribution in [0, 0.1) is 0 Å². The molecule has 12 heteroatoms. The number of carbonyl (C=O) groups excluding carboxylic acids is 1. The van der Waals surface area contributed by atoms with E-state index in [1.54, 1.807) is 29.7 Å². The van der Waals surface area contributed by atoms with Crippen LogP contribution in [0.5, 0.6) is 0 Å². The zero-order valence-corrected chi connectivity index (χ0v) is 19.9. The van der Waals surface area contributed by atoms with Crippen LogP contribution in [-0.4, -0.2) is 64.9 Å². The van der Waals surface area contributed by atoms with Crippen molar-refractivity contribution in [2.24, 2.45) is 0 Å². The minimum absolute atomic E-state index is 0.330. The highest BCUT2D eigenvalue weighted by molar-refractivity contribution is 7.22. The Morgan fingerprint density at radius 1 is 1.11 bits per heavy atom. The molecule has 1 aliphatic heterocycles. The van der Waals surface area contributed by atoms with Crippen molar-refractivity contribution in [3.63, 3.8) is 0 Å². The van der Waals surface area contributed by atoms with Crippen molar-refractivity contribution >= 4 is 50.9 Å². The molecule has 5 rings (SSSR count). The van der Waals surface area contributed by atoms with E-state index in [4.69, 9.17) is 25.5 Å². The lowest BCUT2D eigenvalue weighted by molar-refractivity contribution is -0.115. The number of carboxylic acid groups (broad SMARTS) is 1. The molecule has 0 spiro atoms. The van der Waals surface area contributed by atoms with E-state index in [2.05, 4.69) is 20.5 Å². The molecule has 1 aromatic carbocycles. The second-order valence-corrected chi connectivity index (χ2v) is 9.11. The van der Waals surface area contributed by atoms with Gasteiger partial charge in [0.05, 0.1) is 23.4 Å². The predicted molar refractivity (Wildman–Crippen MR) is 138 cm³/mol. The lowest BCUT2D eigenvalue weighted by Gasteiger charge is -2.28. The number of hydrogen-bond acceptors (Lipinski definition) is 9. The van der Waals surface area contributed by atoms with Gasteiger partial charge in [-0.25, -0.2) is 19.7 Å². The van der Waals surface area contributed by atoms with Crippen molar-refractivity contribution in [1.29, 1.82) is 0 Å². The van der Waals surface area contributed by atoms with E-state index in [-0.39, 0.29) is 6.54 Å². The second-order valence-electron chi connectivity index (χ2n) is 8.05. The number of nitrogens with two attached hydrogens (primary N) is 1. The van der Waals surface area contributed by atoms with Crippen LogP contribution in [0.2, 0.25) is 0 Å². The maximum atomic E-state index is 12.0. The van der Waals surface area contributed by atoms with Crippen molar-refractivity contribution in [3.05, 3.63) is 48.7 Å². The van der Waals surface area contributed by atoms with Crippen molar-refractivity contribution < 1.29 is 19.4 Å². The zero-order valence-electron chi connectivity index (χ0n) is 19.1. The molecule has 0 saturated carbocycles. The summed E-state index contributed by atoms with van der Waals surface area (Å²) in [7, 11) is 0. The van der Waals surface area contributed by atoms with Crippen molar-refractivity contribution in [1.82, 2.24) is 20.3 Å². The molecular weight excluding hydrogens is 482 g/mol. The number of nitrogens with one attached hydrogen (secondary N) is 2. The fourth-order valence-corrected chi connectivity index (χ4v) is 4.93. The molecule has 4 heterocycles. The second kappa shape index (κ2) is 10.1. The Hall–Kier alpha value is -4.29. The highest BCUT2D eigenvalue weighted by Crippen LogP contribution is 2.39. The molecule has 3 aromatic heterocycles. The third-order valence-corrected chi connectivity index (χ3v) is 6.71. The molecule has 5 N–H and O–H groups in total. The number of pyridine rings is 1. The molecule has 0 bridgehead atoms. The number of anilines is 3. The van der Waals surface area contributed by atoms with Crippen LogP contribution in [0.4, 0.5) is 22.1 Å². The van der Waals surface area contributed by atoms with Gasteiger partial charge < -0.3 is 31.1 Å². The number of morpholine rings is 1. The van der Waals surface area contributed by atoms with E-state index in [0.29, 0.717) is 30.5 Å². The van der Waals surface area contributed by atoms with Gasteiger partial charge in [-0.2, -0.15) is 0 Å². The van der Waals surface area contributed by atoms with Gasteiger partial charge in [0.1, 0.15) is 12.4 Å². The molecular formula is C24H23N7O4S. The van der Waals surface area contributed by atoms with Crippen LogP contribution >= 0.6 is 11.3 Å². The number of benzene rings is 1. The summed E-state index contributed by atoms with van der Waals surface area (Å²) in [5, 5.41) is 13.5. The third kappa shape index (κ3) is 5.19. The highest BCUT2D eigenvalue weighted by Gasteiger charge is 2.21. The number of thiophene rings is 1. The van der Waals surface area contributed by atoms with Crippen molar-refractivity contribution in [2.75, 3.05) is 48.8 Å². The highest BCUT2D eigenvalue weighted by atomic mass is 32.1. The Kier molecular flexibility index (Phi) is 6.60. The van der Waals surface area contributed by atoms with Gasteiger partial charge in [0.2, 0.25) is 5.91 Å². The van der Waals surface area contributed by atoms with Crippen molar-refractivity contribution in [2.45, 2.75) is 0 Å². The number of fused-ring (bicyclic) bond motifs is 1. The van der Waals surface area contributed by atoms with Crippen LogP contribution < -0.4 is 21.3 Å². The summed E-state index contributed by atoms with van der Waals surface area (Å²) >= 11 is 1.57. The lowest BCUT2D eigenvalue weighted by atomic mass is 10.1. The predicted octanol–water partition coefficient (Wildman–Crippen LogP) is 3.05. The standard InChI is InChI=1S/C24H23N7O4S/c25-19-5-4-15(12-26-19)22-29-17-11-18(36-21(17)23(30-22)31-6-8-35-9-7-31)14-2-1-3-16(10-14)28-20(32)13-27-24(33)34/h1-5,10-12,27H,6-9,13H2,(H2,25,26)(H,28,32)(H,33,34). The summed E-state index contributed by atoms with van der Waals surface area (Å²) < 4.78 is 6.49. The summed E-state index contributed by atoms with van der Waals surface area (Å²) in [6.07, 6.45) is 0.411. The van der Waals surface area contributed by atoms with Gasteiger partial charge in [0.25, 0.3) is 0 Å². The first kappa shape index (κ1) is 23.5. The number of rotatable bonds is 6. The van der Waals surface area contributed by atoms with E-state index in [1.165, 1.54) is 0 Å². The first-order valence-corrected chi connectivity index (χ1v) is 12.0. The lowest BCUT2D eigenvalue weighted by Crippen LogP contribution is -2.36. The van der Waals surface area contributed by atoms with E-state index >= 15 is 0 Å². The molecule has 36 heavy (non-hydrogen) atoms. The number of nitrogens with zero attached hydrogens (tertiary/aromatic N) is 4. The average molecular weight is 506 g/mol. The number of amides is 2. The van der Waals surface area contributed by atoms with Gasteiger partial charge in [-0.15, -0.1) is 11.3 Å². The smallest absolute Gasteiger partial charge is 0.405 e. The van der Waals surface area contributed by atoms with Gasteiger partial charge in [0.15, 0.2) is 11.6 Å². The number of nitrogen functional groups attached to an aromatic ring is 1. The fraction of sp³-hybridized carbons (Fsp3) is 0.208. The molecule has 0 radical (unpaired) electrons. The van der Waals surface area contributed by atoms with Crippen LogP contribution in [0.1, 0.15) is 0 Å². The zero-order chi connectivity index (χ0) is 25.1. The molecule has 1 saturated heterocycles. The molecule has 0 aliphatic carbocycles. The number of ether oxygens (including phenoxy) is 1. The van der Waals surface area contributed by atoms with Crippen LogP contribution in [0.3, 0.4) is 0 Å². The maximum Gasteiger partial charge on any atom is 0.405 e. The number of aromatic nitrogens is 3. The van der Waals surface area contributed by atoms with Crippen LogP contribution in [-0.2, 0) is 9.53 Å². The molecule has 184 valence electrons. The first-order valence-electron chi connectivity index (χ1n) is 11.2. The Bertz CT molecular complexity index is 1420. The van der Waals surface area contributed by atoms with Gasteiger partial charge >= 0.3 is 6.09 Å². The summed E-state index contributed by atoms with van der Waals surface area (Å²) in [5.74, 6) is 1.38. The molecule has 11 nitrogen and oxygen atoms in total. The largest absolute Gasteiger partial charge is 0.465 e. The Morgan fingerprint density at radius 2 is 1.94 bits per heavy atom. The normalized spacial score (nSPS) is 13.5. The summed E-state index contributed by atoms with van der Waals surface area (Å²) in [5.41, 5.74) is 8.79. The van der Waals surface area contributed by atoms with E-state index < -0.39 is 12.0 Å². The van der Waals surface area contributed by atoms with Gasteiger partial charge in [-0.1, -0.05) is 12.1 Å². The monoisotopic (exact) mass is 505 g/mol. The topological polar surface area (TPSA) is 156 Å². The Balaban J connectivity index is 1.51. The minimum atomic E-state index is -1.25. The maximum absolute atomic E-state index is 12.0. The molecule has 0 unspecified atom stereocenters.